The van der Waals surface area contributed by atoms with Crippen molar-refractivity contribution in [3.63, 3.8) is 0 Å². The molecule has 3 nitrogen and oxygen atoms in total. The second-order valence-corrected chi connectivity index (χ2v) is 6.15. The third-order valence-corrected chi connectivity index (χ3v) is 3.99. The van der Waals surface area contributed by atoms with Gasteiger partial charge in [-0.15, -0.1) is 0 Å². The number of carboxylic acids is 1. The fourth-order valence-corrected chi connectivity index (χ4v) is 2.57. The molecule has 22 heavy (non-hydrogen) atoms. The number of allylic oxidation sites excluding steroid dienone is 2. The lowest BCUT2D eigenvalue weighted by Gasteiger charge is -2.05. The van der Waals surface area contributed by atoms with Crippen LogP contribution in [0.1, 0.15) is 97.3 Å². The van der Waals surface area contributed by atoms with E-state index >= 15 is 0 Å². The molecule has 0 saturated carbocycles. The van der Waals surface area contributed by atoms with Gasteiger partial charge in [0.2, 0.25) is 0 Å². The van der Waals surface area contributed by atoms with Gasteiger partial charge in [0, 0.05) is 6.42 Å². The van der Waals surface area contributed by atoms with Gasteiger partial charge in [0.25, 0.3) is 0 Å². The Labute approximate surface area is 136 Å². The minimum absolute atomic E-state index is 0.208. The lowest BCUT2D eigenvalue weighted by atomic mass is 10.0. The van der Waals surface area contributed by atoms with Crippen LogP contribution in [0.2, 0.25) is 0 Å². The number of Topliss-reactive ketones (excluding diaryl/α,β-unsaturated/α-hetero) is 1. The Morgan fingerprint density at radius 3 is 1.95 bits per heavy atom. The highest BCUT2D eigenvalue weighted by molar-refractivity contribution is 5.93. The first kappa shape index (κ1) is 20.9. The maximum Gasteiger partial charge on any atom is 0.303 e. The number of aliphatic carboxylic acids is 1. The second kappa shape index (κ2) is 14.8. The highest BCUT2D eigenvalue weighted by Crippen LogP contribution is 2.15. The van der Waals surface area contributed by atoms with Gasteiger partial charge in [0.15, 0.2) is 5.78 Å². The van der Waals surface area contributed by atoms with Crippen LogP contribution in [0.25, 0.3) is 0 Å². The number of rotatable bonds is 15. The lowest BCUT2D eigenvalue weighted by molar-refractivity contribution is -0.137. The van der Waals surface area contributed by atoms with E-state index in [1.54, 1.807) is 6.92 Å². The molecule has 0 heterocycles. The molecule has 0 amide bonds. The van der Waals surface area contributed by atoms with Crippen molar-refractivity contribution < 1.29 is 14.7 Å². The zero-order valence-corrected chi connectivity index (χ0v) is 14.5. The Morgan fingerprint density at radius 2 is 1.36 bits per heavy atom. The first-order valence-electron chi connectivity index (χ1n) is 8.99. The summed E-state index contributed by atoms with van der Waals surface area (Å²) in [7, 11) is 0. The summed E-state index contributed by atoms with van der Waals surface area (Å²) < 4.78 is 0. The molecule has 0 aliphatic rings. The fourth-order valence-electron chi connectivity index (χ4n) is 2.57. The van der Waals surface area contributed by atoms with E-state index in [1.807, 2.05) is 0 Å². The number of hydrogen-bond donors (Lipinski definition) is 1. The highest BCUT2D eigenvalue weighted by Gasteiger charge is 2.03. The topological polar surface area (TPSA) is 54.4 Å². The molecule has 0 aromatic carbocycles. The zero-order valence-electron chi connectivity index (χ0n) is 14.5. The van der Waals surface area contributed by atoms with Crippen LogP contribution < -0.4 is 0 Å². The maximum absolute atomic E-state index is 11.6. The molecule has 0 unspecified atom stereocenters. The van der Waals surface area contributed by atoms with Gasteiger partial charge in [-0.25, -0.2) is 0 Å². The average molecular weight is 310 g/mol. The summed E-state index contributed by atoms with van der Waals surface area (Å²) in [6, 6.07) is 0. The van der Waals surface area contributed by atoms with Crippen LogP contribution in [0.15, 0.2) is 11.6 Å². The molecule has 0 spiro atoms. The van der Waals surface area contributed by atoms with Crippen molar-refractivity contribution >= 4 is 11.8 Å². The van der Waals surface area contributed by atoms with E-state index in [0.717, 1.165) is 50.5 Å². The highest BCUT2D eigenvalue weighted by atomic mass is 16.4. The molecule has 0 aliphatic carbocycles. The van der Waals surface area contributed by atoms with Gasteiger partial charge in [0.1, 0.15) is 0 Å². The van der Waals surface area contributed by atoms with Crippen molar-refractivity contribution in [2.24, 2.45) is 0 Å². The Bertz CT molecular complexity index is 332. The number of hydrogen-bond acceptors (Lipinski definition) is 2. The minimum atomic E-state index is -0.708. The van der Waals surface area contributed by atoms with E-state index in [1.165, 1.54) is 32.1 Å². The van der Waals surface area contributed by atoms with Crippen molar-refractivity contribution in [3.8, 4) is 0 Å². The van der Waals surface area contributed by atoms with Crippen LogP contribution in [-0.4, -0.2) is 16.9 Å². The standard InChI is InChI=1S/C19H34O3/c1-3-4-5-6-8-11-14-18(17(2)20)15-12-9-7-10-13-16-19(21)22/h14H,3-13,15-16H2,1-2H3,(H,21,22). The first-order valence-corrected chi connectivity index (χ1v) is 8.99. The molecule has 0 bridgehead atoms. The number of ketones is 1. The maximum atomic E-state index is 11.6. The molecule has 0 aliphatic heterocycles. The molecule has 0 saturated heterocycles. The van der Waals surface area contributed by atoms with Gasteiger partial charge < -0.3 is 5.11 Å². The molecule has 0 aromatic heterocycles. The summed E-state index contributed by atoms with van der Waals surface area (Å²) in [6.07, 6.45) is 15.6. The normalized spacial score (nSPS) is 11.6. The van der Waals surface area contributed by atoms with Gasteiger partial charge in [0.05, 0.1) is 0 Å². The van der Waals surface area contributed by atoms with Crippen LogP contribution in [0.3, 0.4) is 0 Å². The Hall–Kier alpha value is -1.12. The van der Waals surface area contributed by atoms with Crippen molar-refractivity contribution in [1.29, 1.82) is 0 Å². The van der Waals surface area contributed by atoms with E-state index in [9.17, 15) is 9.59 Å². The number of carboxylic acid groups (broad SMARTS) is 1. The summed E-state index contributed by atoms with van der Waals surface area (Å²) in [4.78, 5) is 22.0. The predicted octanol–water partition coefficient (Wildman–Crippen LogP) is 5.68. The van der Waals surface area contributed by atoms with Gasteiger partial charge in [-0.05, 0) is 44.6 Å². The van der Waals surface area contributed by atoms with E-state index in [-0.39, 0.29) is 12.2 Å². The summed E-state index contributed by atoms with van der Waals surface area (Å²) in [6.45, 7) is 3.88. The predicted molar refractivity (Wildman–Crippen MR) is 92.1 cm³/mol. The van der Waals surface area contributed by atoms with Crippen LogP contribution >= 0.6 is 0 Å². The van der Waals surface area contributed by atoms with Gasteiger partial charge in [-0.1, -0.05) is 57.9 Å². The molecule has 0 atom stereocenters. The van der Waals surface area contributed by atoms with E-state index < -0.39 is 5.97 Å². The number of carbonyl (C=O) groups is 2. The molecular weight excluding hydrogens is 276 g/mol. The van der Waals surface area contributed by atoms with Gasteiger partial charge in [-0.3, -0.25) is 9.59 Å². The SMILES string of the molecule is CCCCCCCC=C(CCCCCCCC(=O)O)C(C)=O. The third-order valence-electron chi connectivity index (χ3n) is 3.99. The summed E-state index contributed by atoms with van der Waals surface area (Å²) in [5.74, 6) is -0.500. The first-order chi connectivity index (χ1) is 10.6. The molecule has 0 aromatic rings. The smallest absolute Gasteiger partial charge is 0.303 e. The van der Waals surface area contributed by atoms with Gasteiger partial charge >= 0.3 is 5.97 Å². The summed E-state index contributed by atoms with van der Waals surface area (Å²) >= 11 is 0. The Balaban J connectivity index is 3.71. The quantitative estimate of drug-likeness (QED) is 0.313. The monoisotopic (exact) mass is 310 g/mol. The van der Waals surface area contributed by atoms with E-state index in [0.29, 0.717) is 0 Å². The van der Waals surface area contributed by atoms with Crippen LogP contribution in [0.4, 0.5) is 0 Å². The Kier molecular flexibility index (Phi) is 14.0. The Morgan fingerprint density at radius 1 is 0.818 bits per heavy atom. The summed E-state index contributed by atoms with van der Waals surface area (Å²) in [5, 5.41) is 8.56. The second-order valence-electron chi connectivity index (χ2n) is 6.15. The number of unbranched alkanes of at least 4 members (excludes halogenated alkanes) is 9. The fraction of sp³-hybridized carbons (Fsp3) is 0.789. The van der Waals surface area contributed by atoms with E-state index in [4.69, 9.17) is 5.11 Å². The zero-order chi connectivity index (χ0) is 16.6. The molecule has 0 rings (SSSR count). The molecule has 0 radical (unpaired) electrons. The third kappa shape index (κ3) is 13.8. The van der Waals surface area contributed by atoms with Gasteiger partial charge in [-0.2, -0.15) is 0 Å². The van der Waals surface area contributed by atoms with Crippen LogP contribution in [0, 0.1) is 0 Å². The lowest BCUT2D eigenvalue weighted by Crippen LogP contribution is -1.97. The van der Waals surface area contributed by atoms with Crippen LogP contribution in [0.5, 0.6) is 0 Å². The van der Waals surface area contributed by atoms with Crippen molar-refractivity contribution in [2.45, 2.75) is 97.3 Å². The van der Waals surface area contributed by atoms with Crippen molar-refractivity contribution in [1.82, 2.24) is 0 Å². The number of carbonyl (C=O) groups excluding carboxylic acids is 1. The largest absolute Gasteiger partial charge is 0.481 e. The van der Waals surface area contributed by atoms with Crippen molar-refractivity contribution in [3.05, 3.63) is 11.6 Å². The minimum Gasteiger partial charge on any atom is -0.481 e. The van der Waals surface area contributed by atoms with Crippen LogP contribution in [-0.2, 0) is 9.59 Å². The molecular formula is C19H34O3. The molecule has 128 valence electrons. The molecule has 0 fully saturated rings. The van der Waals surface area contributed by atoms with E-state index in [2.05, 4.69) is 13.0 Å². The molecule has 3 heteroatoms. The molecule has 1 N–H and O–H groups in total. The average Bonchev–Trinajstić information content (AvgIpc) is 2.46. The summed E-state index contributed by atoms with van der Waals surface area (Å²) in [5.41, 5.74) is 0.987. The van der Waals surface area contributed by atoms with Crippen molar-refractivity contribution in [2.75, 3.05) is 0 Å².